The van der Waals surface area contributed by atoms with Gasteiger partial charge in [-0.15, -0.1) is 0 Å². The Labute approximate surface area is 125 Å². The first kappa shape index (κ1) is 15.6. The second-order valence-electron chi connectivity index (χ2n) is 5.62. The molecule has 0 aromatic heterocycles. The maximum absolute atomic E-state index is 11.3. The quantitative estimate of drug-likeness (QED) is 0.570. The van der Waals surface area contributed by atoms with E-state index in [2.05, 4.69) is 5.32 Å². The van der Waals surface area contributed by atoms with Gasteiger partial charge in [-0.1, -0.05) is 38.7 Å². The lowest BCUT2D eigenvalue weighted by molar-refractivity contribution is -0.385. The molecule has 1 aliphatic carbocycles. The minimum atomic E-state index is -0.358. The highest BCUT2D eigenvalue weighted by Gasteiger charge is 2.21. The van der Waals surface area contributed by atoms with Crippen LogP contribution in [-0.4, -0.2) is 18.1 Å². The number of nitro groups is 1. The predicted molar refractivity (Wildman–Crippen MR) is 83.9 cm³/mol. The monoisotopic (exact) mass is 292 g/mol. The van der Waals surface area contributed by atoms with Gasteiger partial charge in [0.15, 0.2) is 5.75 Å². The third-order valence-electron chi connectivity index (χ3n) is 3.99. The molecule has 21 heavy (non-hydrogen) atoms. The van der Waals surface area contributed by atoms with Crippen LogP contribution >= 0.6 is 0 Å². The molecule has 1 aliphatic rings. The van der Waals surface area contributed by atoms with Crippen molar-refractivity contribution in [3.05, 3.63) is 28.3 Å². The number of hydrogen-bond donors (Lipinski definition) is 1. The molecule has 1 aromatic rings. The first-order chi connectivity index (χ1) is 10.2. The van der Waals surface area contributed by atoms with Crippen LogP contribution in [0.3, 0.4) is 0 Å². The van der Waals surface area contributed by atoms with Crippen LogP contribution in [0.5, 0.6) is 5.75 Å². The maximum Gasteiger partial charge on any atom is 0.333 e. The molecular formula is C16H24N2O3. The van der Waals surface area contributed by atoms with Crippen molar-refractivity contribution in [2.75, 3.05) is 18.5 Å². The summed E-state index contributed by atoms with van der Waals surface area (Å²) in [6, 6.07) is 5.22. The molecule has 0 saturated heterocycles. The Morgan fingerprint density at radius 1 is 1.38 bits per heavy atom. The van der Waals surface area contributed by atoms with Gasteiger partial charge in [-0.25, -0.2) is 0 Å². The van der Waals surface area contributed by atoms with Gasteiger partial charge in [0.2, 0.25) is 0 Å². The summed E-state index contributed by atoms with van der Waals surface area (Å²) in [5.74, 6) is 1.13. The molecule has 5 heteroatoms. The third-order valence-corrected chi connectivity index (χ3v) is 3.99. The van der Waals surface area contributed by atoms with E-state index in [1.807, 2.05) is 6.92 Å². The lowest BCUT2D eigenvalue weighted by atomic mass is 10.0. The first-order valence-electron chi connectivity index (χ1n) is 7.86. The Morgan fingerprint density at radius 3 is 2.81 bits per heavy atom. The SMILES string of the molecule is CCCOc1cccc(NCCC2CCCC2)c1[N+](=O)[O-]. The van der Waals surface area contributed by atoms with Gasteiger partial charge in [0.05, 0.1) is 11.5 Å². The molecule has 5 nitrogen and oxygen atoms in total. The molecule has 1 fully saturated rings. The molecule has 1 aromatic carbocycles. The summed E-state index contributed by atoms with van der Waals surface area (Å²) in [4.78, 5) is 11.0. The molecule has 0 bridgehead atoms. The predicted octanol–water partition coefficient (Wildman–Crippen LogP) is 4.38. The van der Waals surface area contributed by atoms with Gasteiger partial charge < -0.3 is 10.1 Å². The second kappa shape index (κ2) is 7.86. The molecule has 116 valence electrons. The summed E-state index contributed by atoms with van der Waals surface area (Å²) in [5, 5.41) is 14.5. The van der Waals surface area contributed by atoms with Crippen LogP contribution in [0.15, 0.2) is 18.2 Å². The van der Waals surface area contributed by atoms with Gasteiger partial charge in [0.1, 0.15) is 5.69 Å². The van der Waals surface area contributed by atoms with Crippen molar-refractivity contribution in [1.82, 2.24) is 0 Å². The van der Waals surface area contributed by atoms with Crippen molar-refractivity contribution in [2.24, 2.45) is 5.92 Å². The molecule has 2 rings (SSSR count). The minimum Gasteiger partial charge on any atom is -0.487 e. The van der Waals surface area contributed by atoms with Crippen LogP contribution in [0.2, 0.25) is 0 Å². The smallest absolute Gasteiger partial charge is 0.333 e. The zero-order valence-corrected chi connectivity index (χ0v) is 12.6. The van der Waals surface area contributed by atoms with E-state index in [0.717, 1.165) is 25.3 Å². The number of benzene rings is 1. The maximum atomic E-state index is 11.3. The van der Waals surface area contributed by atoms with Crippen molar-refractivity contribution in [3.63, 3.8) is 0 Å². The number of ether oxygens (including phenoxy) is 1. The third kappa shape index (κ3) is 4.34. The normalized spacial score (nSPS) is 15.1. The number of nitrogens with zero attached hydrogens (tertiary/aromatic N) is 1. The van der Waals surface area contributed by atoms with Crippen LogP contribution < -0.4 is 10.1 Å². The van der Waals surface area contributed by atoms with Crippen LogP contribution in [0.1, 0.15) is 45.4 Å². The molecule has 1 saturated carbocycles. The molecule has 1 N–H and O–H groups in total. The van der Waals surface area contributed by atoms with E-state index in [1.165, 1.54) is 25.7 Å². The van der Waals surface area contributed by atoms with E-state index >= 15 is 0 Å². The second-order valence-corrected chi connectivity index (χ2v) is 5.62. The summed E-state index contributed by atoms with van der Waals surface area (Å²) in [5.41, 5.74) is 0.615. The first-order valence-corrected chi connectivity index (χ1v) is 7.86. The number of rotatable bonds is 8. The molecule has 0 aliphatic heterocycles. The van der Waals surface area contributed by atoms with Gasteiger partial charge in [-0.05, 0) is 30.9 Å². The van der Waals surface area contributed by atoms with E-state index in [0.29, 0.717) is 18.0 Å². The van der Waals surface area contributed by atoms with Crippen molar-refractivity contribution >= 4 is 11.4 Å². The lowest BCUT2D eigenvalue weighted by Gasteiger charge is -2.13. The summed E-state index contributed by atoms with van der Waals surface area (Å²) < 4.78 is 5.49. The molecule has 0 radical (unpaired) electrons. The summed E-state index contributed by atoms with van der Waals surface area (Å²) >= 11 is 0. The number of anilines is 1. The van der Waals surface area contributed by atoms with E-state index in [-0.39, 0.29) is 10.6 Å². The molecule has 0 spiro atoms. The summed E-state index contributed by atoms with van der Waals surface area (Å²) in [7, 11) is 0. The fourth-order valence-corrected chi connectivity index (χ4v) is 2.89. The van der Waals surface area contributed by atoms with Crippen molar-refractivity contribution in [3.8, 4) is 5.75 Å². The molecular weight excluding hydrogens is 268 g/mol. The largest absolute Gasteiger partial charge is 0.487 e. The molecule has 0 unspecified atom stereocenters. The van der Waals surface area contributed by atoms with Gasteiger partial charge in [-0.3, -0.25) is 10.1 Å². The highest BCUT2D eigenvalue weighted by molar-refractivity contribution is 5.68. The standard InChI is InChI=1S/C16H24N2O3/c1-2-12-21-15-9-5-8-14(16(15)18(19)20)17-11-10-13-6-3-4-7-13/h5,8-9,13,17H,2-4,6-7,10-12H2,1H3. The highest BCUT2D eigenvalue weighted by Crippen LogP contribution is 2.35. The average Bonchev–Trinajstić information content (AvgIpc) is 2.98. The lowest BCUT2D eigenvalue weighted by Crippen LogP contribution is -2.09. The van der Waals surface area contributed by atoms with Crippen molar-refractivity contribution in [1.29, 1.82) is 0 Å². The van der Waals surface area contributed by atoms with Crippen molar-refractivity contribution < 1.29 is 9.66 Å². The highest BCUT2D eigenvalue weighted by atomic mass is 16.6. The Hall–Kier alpha value is -1.78. The molecule has 0 heterocycles. The van der Waals surface area contributed by atoms with E-state index in [9.17, 15) is 10.1 Å². The average molecular weight is 292 g/mol. The van der Waals surface area contributed by atoms with Crippen LogP contribution in [0.25, 0.3) is 0 Å². The van der Waals surface area contributed by atoms with Gasteiger partial charge in [0, 0.05) is 6.54 Å². The number of nitrogens with one attached hydrogen (secondary N) is 1. The Kier molecular flexibility index (Phi) is 5.84. The molecule has 0 amide bonds. The van der Waals surface area contributed by atoms with Gasteiger partial charge in [0.25, 0.3) is 0 Å². The van der Waals surface area contributed by atoms with E-state index in [1.54, 1.807) is 18.2 Å². The Bertz CT molecular complexity index is 471. The molecule has 0 atom stereocenters. The summed E-state index contributed by atoms with van der Waals surface area (Å²) in [6.45, 7) is 3.25. The Morgan fingerprint density at radius 2 is 2.14 bits per heavy atom. The van der Waals surface area contributed by atoms with Crippen molar-refractivity contribution in [2.45, 2.75) is 45.4 Å². The Balaban J connectivity index is 2.01. The van der Waals surface area contributed by atoms with Gasteiger partial charge in [-0.2, -0.15) is 0 Å². The van der Waals surface area contributed by atoms with Crippen LogP contribution in [-0.2, 0) is 0 Å². The van der Waals surface area contributed by atoms with Crippen LogP contribution in [0, 0.1) is 16.0 Å². The summed E-state index contributed by atoms with van der Waals surface area (Å²) in [6.07, 6.45) is 7.15. The topological polar surface area (TPSA) is 64.4 Å². The van der Waals surface area contributed by atoms with Gasteiger partial charge >= 0.3 is 5.69 Å². The number of hydrogen-bond acceptors (Lipinski definition) is 4. The van der Waals surface area contributed by atoms with Crippen LogP contribution in [0.4, 0.5) is 11.4 Å². The zero-order chi connectivity index (χ0) is 15.1. The number of nitro benzene ring substituents is 1. The number of para-hydroxylation sites is 1. The van der Waals surface area contributed by atoms with E-state index in [4.69, 9.17) is 4.74 Å². The minimum absolute atomic E-state index is 0.0531. The fraction of sp³-hybridized carbons (Fsp3) is 0.625. The zero-order valence-electron chi connectivity index (χ0n) is 12.6. The van der Waals surface area contributed by atoms with E-state index < -0.39 is 0 Å². The fourth-order valence-electron chi connectivity index (χ4n) is 2.89.